The molecule has 1 N–H and O–H groups in total. The van der Waals surface area contributed by atoms with Crippen molar-refractivity contribution in [2.24, 2.45) is 11.8 Å². The van der Waals surface area contributed by atoms with Crippen molar-refractivity contribution in [1.29, 1.82) is 0 Å². The number of carbonyl (C=O) groups excluding carboxylic acids is 1. The zero-order chi connectivity index (χ0) is 9.26. The molecule has 3 heteroatoms. The summed E-state index contributed by atoms with van der Waals surface area (Å²) in [6, 6.07) is 0.708. The molecule has 0 aromatic rings. The first-order chi connectivity index (χ1) is 6.31. The van der Waals surface area contributed by atoms with Gasteiger partial charge in [-0.15, -0.1) is 0 Å². The van der Waals surface area contributed by atoms with E-state index in [9.17, 15) is 4.79 Å². The van der Waals surface area contributed by atoms with Gasteiger partial charge in [-0.1, -0.05) is 0 Å². The molecule has 74 valence electrons. The van der Waals surface area contributed by atoms with Crippen LogP contribution in [0.1, 0.15) is 26.2 Å². The van der Waals surface area contributed by atoms with Gasteiger partial charge in [0.2, 0.25) is 0 Å². The number of rotatable bonds is 3. The fourth-order valence-corrected chi connectivity index (χ4v) is 2.58. The lowest BCUT2D eigenvalue weighted by Crippen LogP contribution is -2.44. The van der Waals surface area contributed by atoms with E-state index in [1.54, 1.807) is 0 Å². The zero-order valence-corrected chi connectivity index (χ0v) is 8.08. The van der Waals surface area contributed by atoms with Gasteiger partial charge in [0.15, 0.2) is 0 Å². The first-order valence-corrected chi connectivity index (χ1v) is 5.20. The van der Waals surface area contributed by atoms with E-state index in [1.807, 2.05) is 6.92 Å². The molecule has 0 amide bonds. The van der Waals surface area contributed by atoms with Crippen molar-refractivity contribution in [3.63, 3.8) is 0 Å². The van der Waals surface area contributed by atoms with Gasteiger partial charge in [-0.3, -0.25) is 4.79 Å². The van der Waals surface area contributed by atoms with Gasteiger partial charge in [0.1, 0.15) is 0 Å². The molecule has 1 aliphatic heterocycles. The summed E-state index contributed by atoms with van der Waals surface area (Å²) >= 11 is 0. The Morgan fingerprint density at radius 1 is 1.62 bits per heavy atom. The lowest BCUT2D eigenvalue weighted by Gasteiger charge is -2.39. The molecule has 3 atom stereocenters. The molecular formula is C10H17NO2. The van der Waals surface area contributed by atoms with E-state index in [0.29, 0.717) is 25.0 Å². The van der Waals surface area contributed by atoms with Crippen LogP contribution >= 0.6 is 0 Å². The third-order valence-corrected chi connectivity index (χ3v) is 3.30. The van der Waals surface area contributed by atoms with Crippen molar-refractivity contribution < 1.29 is 9.53 Å². The SMILES string of the molecule is CCOC(=O)CC1CC2NCCC12. The average molecular weight is 183 g/mol. The van der Waals surface area contributed by atoms with E-state index >= 15 is 0 Å². The molecular weight excluding hydrogens is 166 g/mol. The lowest BCUT2D eigenvalue weighted by atomic mass is 9.68. The summed E-state index contributed by atoms with van der Waals surface area (Å²) in [4.78, 5) is 11.2. The van der Waals surface area contributed by atoms with Gasteiger partial charge >= 0.3 is 5.97 Å². The Morgan fingerprint density at radius 2 is 2.46 bits per heavy atom. The minimum atomic E-state index is -0.0159. The van der Waals surface area contributed by atoms with Gasteiger partial charge < -0.3 is 10.1 Å². The van der Waals surface area contributed by atoms with E-state index < -0.39 is 0 Å². The minimum absolute atomic E-state index is 0.0159. The molecule has 13 heavy (non-hydrogen) atoms. The van der Waals surface area contributed by atoms with E-state index in [2.05, 4.69) is 5.32 Å². The number of hydrogen-bond acceptors (Lipinski definition) is 3. The number of ether oxygens (including phenoxy) is 1. The molecule has 0 spiro atoms. The van der Waals surface area contributed by atoms with Crippen LogP contribution in [0.25, 0.3) is 0 Å². The Kier molecular flexibility index (Phi) is 2.54. The Bertz CT molecular complexity index is 205. The van der Waals surface area contributed by atoms with E-state index in [4.69, 9.17) is 4.74 Å². The van der Waals surface area contributed by atoms with Gasteiger partial charge in [0.25, 0.3) is 0 Å². The first-order valence-electron chi connectivity index (χ1n) is 5.20. The monoisotopic (exact) mass is 183 g/mol. The third-order valence-electron chi connectivity index (χ3n) is 3.30. The minimum Gasteiger partial charge on any atom is -0.466 e. The van der Waals surface area contributed by atoms with Crippen LogP contribution in [0.5, 0.6) is 0 Å². The number of carbonyl (C=O) groups is 1. The molecule has 1 aliphatic carbocycles. The Morgan fingerprint density at radius 3 is 3.15 bits per heavy atom. The normalized spacial score (nSPS) is 36.5. The van der Waals surface area contributed by atoms with E-state index in [0.717, 1.165) is 12.5 Å². The molecule has 2 aliphatic rings. The number of esters is 1. The van der Waals surface area contributed by atoms with Gasteiger partial charge in [0.05, 0.1) is 6.61 Å². The number of fused-ring (bicyclic) bond motifs is 1. The van der Waals surface area contributed by atoms with Crippen molar-refractivity contribution in [3.8, 4) is 0 Å². The second-order valence-corrected chi connectivity index (χ2v) is 4.02. The molecule has 0 aromatic heterocycles. The summed E-state index contributed by atoms with van der Waals surface area (Å²) in [7, 11) is 0. The summed E-state index contributed by atoms with van der Waals surface area (Å²) in [6.07, 6.45) is 3.05. The van der Waals surface area contributed by atoms with Crippen molar-refractivity contribution in [2.75, 3.05) is 13.2 Å². The predicted octanol–water partition coefficient (Wildman–Crippen LogP) is 0.938. The first kappa shape index (κ1) is 9.00. The van der Waals surface area contributed by atoms with Gasteiger partial charge in [0, 0.05) is 12.5 Å². The largest absolute Gasteiger partial charge is 0.466 e. The van der Waals surface area contributed by atoms with E-state index in [1.165, 1.54) is 12.8 Å². The molecule has 2 fully saturated rings. The van der Waals surface area contributed by atoms with Gasteiger partial charge in [-0.05, 0) is 38.1 Å². The standard InChI is InChI=1S/C10H17NO2/c1-2-13-10(12)6-7-5-9-8(7)3-4-11-9/h7-9,11H,2-6H2,1H3. The Hall–Kier alpha value is -0.570. The van der Waals surface area contributed by atoms with Gasteiger partial charge in [-0.25, -0.2) is 0 Å². The topological polar surface area (TPSA) is 38.3 Å². The molecule has 0 aromatic carbocycles. The highest BCUT2D eigenvalue weighted by atomic mass is 16.5. The molecule has 0 radical (unpaired) electrons. The second kappa shape index (κ2) is 3.66. The number of nitrogens with one attached hydrogen (secondary N) is 1. The highest BCUT2D eigenvalue weighted by molar-refractivity contribution is 5.69. The molecule has 1 saturated carbocycles. The molecule has 1 saturated heterocycles. The summed E-state index contributed by atoms with van der Waals surface area (Å²) in [6.45, 7) is 3.51. The van der Waals surface area contributed by atoms with Crippen molar-refractivity contribution >= 4 is 5.97 Å². The third kappa shape index (κ3) is 1.70. The van der Waals surface area contributed by atoms with Gasteiger partial charge in [-0.2, -0.15) is 0 Å². The maximum Gasteiger partial charge on any atom is 0.306 e. The maximum absolute atomic E-state index is 11.2. The van der Waals surface area contributed by atoms with Crippen LogP contribution in [-0.4, -0.2) is 25.2 Å². The lowest BCUT2D eigenvalue weighted by molar-refractivity contribution is -0.145. The quantitative estimate of drug-likeness (QED) is 0.662. The van der Waals surface area contributed by atoms with Crippen LogP contribution in [0.3, 0.4) is 0 Å². The highest BCUT2D eigenvalue weighted by Crippen LogP contribution is 2.42. The van der Waals surface area contributed by atoms with Crippen molar-refractivity contribution in [3.05, 3.63) is 0 Å². The highest BCUT2D eigenvalue weighted by Gasteiger charge is 2.44. The Balaban J connectivity index is 1.74. The average Bonchev–Trinajstić information content (AvgIpc) is 2.43. The van der Waals surface area contributed by atoms with Crippen molar-refractivity contribution in [1.82, 2.24) is 5.32 Å². The van der Waals surface area contributed by atoms with Crippen LogP contribution in [-0.2, 0) is 9.53 Å². The summed E-state index contributed by atoms with van der Waals surface area (Å²) in [5, 5.41) is 3.44. The summed E-state index contributed by atoms with van der Waals surface area (Å²) in [5.41, 5.74) is 0. The summed E-state index contributed by atoms with van der Waals surface area (Å²) in [5.74, 6) is 1.33. The molecule has 3 unspecified atom stereocenters. The maximum atomic E-state index is 11.2. The van der Waals surface area contributed by atoms with Crippen molar-refractivity contribution in [2.45, 2.75) is 32.2 Å². The fourth-order valence-electron chi connectivity index (χ4n) is 2.58. The zero-order valence-electron chi connectivity index (χ0n) is 8.08. The fraction of sp³-hybridized carbons (Fsp3) is 0.900. The van der Waals surface area contributed by atoms with Crippen LogP contribution in [0.4, 0.5) is 0 Å². The smallest absolute Gasteiger partial charge is 0.306 e. The molecule has 2 rings (SSSR count). The number of hydrogen-bond donors (Lipinski definition) is 1. The van der Waals surface area contributed by atoms with E-state index in [-0.39, 0.29) is 5.97 Å². The molecule has 0 bridgehead atoms. The predicted molar refractivity (Wildman–Crippen MR) is 49.3 cm³/mol. The van der Waals surface area contributed by atoms with Crippen LogP contribution in [0, 0.1) is 11.8 Å². The van der Waals surface area contributed by atoms with Crippen LogP contribution < -0.4 is 5.32 Å². The molecule has 3 nitrogen and oxygen atoms in total. The van der Waals surface area contributed by atoms with Crippen LogP contribution in [0.2, 0.25) is 0 Å². The second-order valence-electron chi connectivity index (χ2n) is 4.02. The van der Waals surface area contributed by atoms with Crippen LogP contribution in [0.15, 0.2) is 0 Å². The Labute approximate surface area is 78.8 Å². The molecule has 1 heterocycles. The summed E-state index contributed by atoms with van der Waals surface area (Å²) < 4.78 is 4.94.